The Balaban J connectivity index is 2.37. The van der Waals surface area contributed by atoms with Gasteiger partial charge in [-0.25, -0.2) is 9.78 Å². The van der Waals surface area contributed by atoms with Crippen LogP contribution in [0.2, 0.25) is 0 Å². The van der Waals surface area contributed by atoms with Crippen molar-refractivity contribution in [3.05, 3.63) is 12.2 Å². The first-order valence-corrected chi connectivity index (χ1v) is 13.5. The van der Waals surface area contributed by atoms with Crippen LogP contribution in [0.25, 0.3) is 0 Å². The third-order valence-corrected chi connectivity index (χ3v) is 6.28. The summed E-state index contributed by atoms with van der Waals surface area (Å²) < 4.78 is 0. The van der Waals surface area contributed by atoms with Crippen molar-refractivity contribution in [1.82, 2.24) is 0 Å². The molecule has 0 spiro atoms. The van der Waals surface area contributed by atoms with Crippen molar-refractivity contribution in [2.24, 2.45) is 0 Å². The van der Waals surface area contributed by atoms with E-state index in [2.05, 4.69) is 6.58 Å². The fraction of sp³-hybridized carbons (Fsp3) is 0.926. The molecular formula is C27H52O5. The van der Waals surface area contributed by atoms with Gasteiger partial charge in [-0.1, -0.05) is 89.0 Å². The summed E-state index contributed by atoms with van der Waals surface area (Å²) in [6, 6.07) is 0. The second-order valence-electron chi connectivity index (χ2n) is 9.66. The van der Waals surface area contributed by atoms with Gasteiger partial charge < -0.3 is 5.11 Å². The molecule has 1 N–H and O–H groups in total. The Bertz CT molecular complexity index is 414. The summed E-state index contributed by atoms with van der Waals surface area (Å²) in [5.41, 5.74) is 1.09. The molecule has 1 rings (SSSR count). The first-order chi connectivity index (χ1) is 15.7. The maximum Gasteiger partial charge on any atom is 0.233 e. The van der Waals surface area contributed by atoms with E-state index in [1.54, 1.807) is 0 Å². The van der Waals surface area contributed by atoms with Gasteiger partial charge in [0.1, 0.15) is 0 Å². The van der Waals surface area contributed by atoms with Gasteiger partial charge >= 0.3 is 0 Å². The van der Waals surface area contributed by atoms with Crippen LogP contribution in [0.15, 0.2) is 12.2 Å². The van der Waals surface area contributed by atoms with Crippen LogP contribution in [0.5, 0.6) is 0 Å². The topological polar surface area (TPSA) is 57.2 Å². The monoisotopic (exact) mass is 456 g/mol. The van der Waals surface area contributed by atoms with Gasteiger partial charge in [0, 0.05) is 19.4 Å². The Morgan fingerprint density at radius 3 is 1.59 bits per heavy atom. The summed E-state index contributed by atoms with van der Waals surface area (Å²) >= 11 is 0. The van der Waals surface area contributed by atoms with Crippen LogP contribution in [-0.4, -0.2) is 30.7 Å². The van der Waals surface area contributed by atoms with Crippen molar-refractivity contribution in [3.63, 3.8) is 0 Å². The van der Waals surface area contributed by atoms with Crippen LogP contribution in [-0.2, 0) is 19.6 Å². The summed E-state index contributed by atoms with van der Waals surface area (Å²) in [6.45, 7) is 7.36. The van der Waals surface area contributed by atoms with Crippen LogP contribution in [0.3, 0.4) is 0 Å². The number of hydrogen-bond acceptors (Lipinski definition) is 5. The highest BCUT2D eigenvalue weighted by Crippen LogP contribution is 2.30. The SMILES string of the molecule is C=C(C)CCOOC1(OOCCCCCCCCCCO)CCCCCCCCCCC1. The van der Waals surface area contributed by atoms with Crippen LogP contribution >= 0.6 is 0 Å². The molecule has 0 amide bonds. The maximum atomic E-state index is 8.82. The number of unbranched alkanes of at least 4 members (excludes halogenated alkanes) is 7. The average Bonchev–Trinajstić information content (AvgIpc) is 2.77. The van der Waals surface area contributed by atoms with Crippen LogP contribution in [0.1, 0.15) is 135 Å². The largest absolute Gasteiger partial charge is 0.396 e. The standard InChI is InChI=1S/C27H52O5/c1-26(2)20-25-30-32-27(21-16-12-8-4-3-5-9-13-17-22-27)31-29-24-19-15-11-7-6-10-14-18-23-28/h28H,1,3-25H2,2H3. The van der Waals surface area contributed by atoms with E-state index in [9.17, 15) is 0 Å². The summed E-state index contributed by atoms with van der Waals surface area (Å²) in [5.74, 6) is -0.791. The third kappa shape index (κ3) is 17.1. The molecule has 0 bridgehead atoms. The Morgan fingerprint density at radius 1 is 0.656 bits per heavy atom. The van der Waals surface area contributed by atoms with E-state index in [1.165, 1.54) is 70.6 Å². The molecule has 0 aromatic heterocycles. The molecular weight excluding hydrogens is 404 g/mol. The van der Waals surface area contributed by atoms with E-state index in [1.807, 2.05) is 6.92 Å². The molecule has 32 heavy (non-hydrogen) atoms. The molecule has 1 fully saturated rings. The van der Waals surface area contributed by atoms with Gasteiger partial charge in [0.2, 0.25) is 5.79 Å². The minimum Gasteiger partial charge on any atom is -0.396 e. The summed E-state index contributed by atoms with van der Waals surface area (Å²) in [7, 11) is 0. The van der Waals surface area contributed by atoms with Gasteiger partial charge in [0.15, 0.2) is 0 Å². The molecule has 1 aliphatic carbocycles. The lowest BCUT2D eigenvalue weighted by molar-refractivity contribution is -0.514. The van der Waals surface area contributed by atoms with Gasteiger partial charge in [-0.2, -0.15) is 9.78 Å². The highest BCUT2D eigenvalue weighted by molar-refractivity contribution is 4.86. The second kappa shape index (κ2) is 21.1. The second-order valence-corrected chi connectivity index (χ2v) is 9.66. The van der Waals surface area contributed by atoms with Crippen molar-refractivity contribution < 1.29 is 24.7 Å². The Kier molecular flexibility index (Phi) is 19.5. The van der Waals surface area contributed by atoms with E-state index < -0.39 is 5.79 Å². The molecule has 0 saturated heterocycles. The van der Waals surface area contributed by atoms with E-state index >= 15 is 0 Å². The molecule has 0 atom stereocenters. The van der Waals surface area contributed by atoms with Gasteiger partial charge in [0.05, 0.1) is 13.2 Å². The zero-order chi connectivity index (χ0) is 23.2. The van der Waals surface area contributed by atoms with Crippen molar-refractivity contribution >= 4 is 0 Å². The third-order valence-electron chi connectivity index (χ3n) is 6.28. The average molecular weight is 457 g/mol. The summed E-state index contributed by atoms with van der Waals surface area (Å²) in [4.78, 5) is 23.1. The molecule has 0 aromatic rings. The van der Waals surface area contributed by atoms with E-state index in [4.69, 9.17) is 24.7 Å². The van der Waals surface area contributed by atoms with Crippen molar-refractivity contribution in [2.75, 3.05) is 19.8 Å². The molecule has 190 valence electrons. The molecule has 0 aromatic carbocycles. The number of aliphatic hydroxyl groups excluding tert-OH is 1. The molecule has 0 radical (unpaired) electrons. The number of hydrogen-bond donors (Lipinski definition) is 1. The highest BCUT2D eigenvalue weighted by atomic mass is 17.3. The maximum absolute atomic E-state index is 8.82. The molecule has 5 heteroatoms. The van der Waals surface area contributed by atoms with E-state index in [0.717, 1.165) is 63.4 Å². The fourth-order valence-electron chi connectivity index (χ4n) is 4.18. The van der Waals surface area contributed by atoms with Crippen LogP contribution in [0.4, 0.5) is 0 Å². The normalized spacial score (nSPS) is 18.1. The highest BCUT2D eigenvalue weighted by Gasteiger charge is 2.35. The zero-order valence-corrected chi connectivity index (χ0v) is 21.1. The van der Waals surface area contributed by atoms with Crippen LogP contribution < -0.4 is 0 Å². The smallest absolute Gasteiger partial charge is 0.233 e. The lowest BCUT2D eigenvalue weighted by Gasteiger charge is -2.31. The Labute approximate surface area is 198 Å². The number of rotatable bonds is 17. The molecule has 1 saturated carbocycles. The molecule has 0 heterocycles. The van der Waals surface area contributed by atoms with Crippen LogP contribution in [0, 0.1) is 0 Å². The lowest BCUT2D eigenvalue weighted by Crippen LogP contribution is -2.37. The molecule has 5 nitrogen and oxygen atoms in total. The summed E-state index contributed by atoms with van der Waals surface area (Å²) in [6.07, 6.45) is 22.8. The number of aliphatic hydroxyl groups is 1. The van der Waals surface area contributed by atoms with Gasteiger partial charge in [-0.15, -0.1) is 6.58 Å². The fourth-order valence-corrected chi connectivity index (χ4v) is 4.18. The minimum atomic E-state index is -0.791. The summed E-state index contributed by atoms with van der Waals surface area (Å²) in [5, 5.41) is 8.82. The van der Waals surface area contributed by atoms with E-state index in [-0.39, 0.29) is 0 Å². The molecule has 1 aliphatic rings. The van der Waals surface area contributed by atoms with Gasteiger partial charge in [-0.05, 0) is 39.0 Å². The van der Waals surface area contributed by atoms with Crippen molar-refractivity contribution in [3.8, 4) is 0 Å². The first-order valence-electron chi connectivity index (χ1n) is 13.5. The molecule has 0 aliphatic heterocycles. The minimum absolute atomic E-state index is 0.321. The van der Waals surface area contributed by atoms with Crippen molar-refractivity contribution in [2.45, 2.75) is 141 Å². The molecule has 0 unspecified atom stereocenters. The predicted octanol–water partition coefficient (Wildman–Crippen LogP) is 7.96. The zero-order valence-electron chi connectivity index (χ0n) is 21.1. The van der Waals surface area contributed by atoms with Gasteiger partial charge in [0.25, 0.3) is 0 Å². The predicted molar refractivity (Wildman–Crippen MR) is 131 cm³/mol. The van der Waals surface area contributed by atoms with Crippen molar-refractivity contribution in [1.29, 1.82) is 0 Å². The Morgan fingerprint density at radius 2 is 1.09 bits per heavy atom. The first kappa shape index (κ1) is 29.6. The quantitative estimate of drug-likeness (QED) is 0.0790. The van der Waals surface area contributed by atoms with Gasteiger partial charge in [-0.3, -0.25) is 0 Å². The Hall–Kier alpha value is -0.460. The lowest BCUT2D eigenvalue weighted by atomic mass is 9.97. The van der Waals surface area contributed by atoms with E-state index in [0.29, 0.717) is 19.8 Å².